The molecule has 1 saturated carbocycles. The summed E-state index contributed by atoms with van der Waals surface area (Å²) in [6, 6.07) is 11.9. The number of nitrogens with one attached hydrogen (secondary N) is 1. The van der Waals surface area contributed by atoms with E-state index in [4.69, 9.17) is 14.2 Å². The fourth-order valence-electron chi connectivity index (χ4n) is 4.39. The molecule has 1 amide bonds. The molecule has 2 aromatic carbocycles. The second-order valence-electron chi connectivity index (χ2n) is 9.26. The first-order valence-corrected chi connectivity index (χ1v) is 12.5. The van der Waals surface area contributed by atoms with Crippen molar-refractivity contribution in [2.75, 3.05) is 65.1 Å². The number of nitrogens with zero attached hydrogens (tertiary/aromatic N) is 4. The number of fused-ring (bicyclic) bond motifs is 1. The van der Waals surface area contributed by atoms with Gasteiger partial charge in [0.15, 0.2) is 0 Å². The third-order valence-electron chi connectivity index (χ3n) is 6.67. The topological polar surface area (TPSA) is 89.1 Å². The van der Waals surface area contributed by atoms with Crippen molar-refractivity contribution in [3.8, 4) is 11.5 Å². The Bertz CT molecular complexity index is 1190. The van der Waals surface area contributed by atoms with Crippen LogP contribution in [0, 0.1) is 5.92 Å². The highest BCUT2D eigenvalue weighted by atomic mass is 16.5. The van der Waals surface area contributed by atoms with Gasteiger partial charge in [0.2, 0.25) is 0 Å². The average Bonchev–Trinajstić information content (AvgIpc) is 3.75. The van der Waals surface area contributed by atoms with Gasteiger partial charge >= 0.3 is 0 Å². The number of carbonyl (C=O) groups excluding carboxylic acids is 1. The van der Waals surface area contributed by atoms with Gasteiger partial charge in [0, 0.05) is 62.3 Å². The SMILES string of the molecule is COc1cc(OC)cc(N(CC2CC2)c2ccc3ncc(C(=O)NCCN4CCOCC4)nc3c2)c1. The number of ether oxygens (including phenoxy) is 3. The number of hydrogen-bond donors (Lipinski definition) is 1. The van der Waals surface area contributed by atoms with Gasteiger partial charge in [0.25, 0.3) is 5.91 Å². The van der Waals surface area contributed by atoms with Crippen LogP contribution < -0.4 is 19.7 Å². The van der Waals surface area contributed by atoms with Gasteiger partial charge in [-0.3, -0.25) is 14.7 Å². The van der Waals surface area contributed by atoms with E-state index in [0.717, 1.165) is 67.8 Å². The standard InChI is InChI=1S/C27H33N5O4/c1-34-22-13-21(14-23(16-22)35-2)32(18-19-3-4-19)20-5-6-24-25(15-20)30-26(17-29-24)27(33)28-7-8-31-9-11-36-12-10-31/h5-6,13-17,19H,3-4,7-12,18H2,1-2H3,(H,28,33). The fourth-order valence-corrected chi connectivity index (χ4v) is 4.39. The molecule has 0 radical (unpaired) electrons. The maximum absolute atomic E-state index is 12.8. The number of amides is 1. The monoisotopic (exact) mass is 491 g/mol. The highest BCUT2D eigenvalue weighted by Gasteiger charge is 2.26. The summed E-state index contributed by atoms with van der Waals surface area (Å²) in [5.41, 5.74) is 3.73. The predicted octanol–water partition coefficient (Wildman–Crippen LogP) is 3.26. The van der Waals surface area contributed by atoms with Crippen LogP contribution in [0.15, 0.2) is 42.6 Å². The van der Waals surface area contributed by atoms with Crippen LogP contribution >= 0.6 is 0 Å². The molecule has 1 aromatic heterocycles. The molecule has 0 atom stereocenters. The maximum Gasteiger partial charge on any atom is 0.271 e. The Morgan fingerprint density at radius 3 is 2.50 bits per heavy atom. The summed E-state index contributed by atoms with van der Waals surface area (Å²) in [4.78, 5) is 26.5. The van der Waals surface area contributed by atoms with Crippen LogP contribution in [0.1, 0.15) is 23.3 Å². The van der Waals surface area contributed by atoms with Crippen molar-refractivity contribution in [2.24, 2.45) is 5.92 Å². The quantitative estimate of drug-likeness (QED) is 0.462. The molecule has 36 heavy (non-hydrogen) atoms. The Kier molecular flexibility index (Phi) is 7.48. The molecule has 0 spiro atoms. The van der Waals surface area contributed by atoms with Crippen LogP contribution in [0.5, 0.6) is 11.5 Å². The lowest BCUT2D eigenvalue weighted by molar-refractivity contribution is 0.0383. The molecule has 2 aliphatic rings. The summed E-state index contributed by atoms with van der Waals surface area (Å²) >= 11 is 0. The number of benzene rings is 2. The molecule has 2 fully saturated rings. The van der Waals surface area contributed by atoms with Crippen molar-refractivity contribution in [3.63, 3.8) is 0 Å². The Balaban J connectivity index is 1.37. The molecule has 0 unspecified atom stereocenters. The lowest BCUT2D eigenvalue weighted by atomic mass is 10.2. The third-order valence-corrected chi connectivity index (χ3v) is 6.67. The van der Waals surface area contributed by atoms with Crippen molar-refractivity contribution < 1.29 is 19.0 Å². The number of methoxy groups -OCH3 is 2. The maximum atomic E-state index is 12.8. The first kappa shape index (κ1) is 24.3. The minimum Gasteiger partial charge on any atom is -0.497 e. The first-order valence-electron chi connectivity index (χ1n) is 12.5. The largest absolute Gasteiger partial charge is 0.497 e. The lowest BCUT2D eigenvalue weighted by Crippen LogP contribution is -2.41. The van der Waals surface area contributed by atoms with Crippen LogP contribution in [-0.2, 0) is 4.74 Å². The van der Waals surface area contributed by atoms with Gasteiger partial charge in [0.1, 0.15) is 17.2 Å². The van der Waals surface area contributed by atoms with E-state index in [9.17, 15) is 4.79 Å². The van der Waals surface area contributed by atoms with Crippen LogP contribution in [0.4, 0.5) is 11.4 Å². The van der Waals surface area contributed by atoms with Gasteiger partial charge < -0.3 is 24.4 Å². The Morgan fingerprint density at radius 1 is 1.06 bits per heavy atom. The van der Waals surface area contributed by atoms with E-state index in [-0.39, 0.29) is 5.91 Å². The zero-order valence-electron chi connectivity index (χ0n) is 20.9. The number of morpholine rings is 1. The molecular formula is C27H33N5O4. The zero-order chi connectivity index (χ0) is 24.9. The lowest BCUT2D eigenvalue weighted by Gasteiger charge is -2.26. The van der Waals surface area contributed by atoms with E-state index in [1.807, 2.05) is 36.4 Å². The number of rotatable bonds is 10. The van der Waals surface area contributed by atoms with Crippen LogP contribution in [0.25, 0.3) is 11.0 Å². The van der Waals surface area contributed by atoms with Crippen molar-refractivity contribution >= 4 is 28.3 Å². The normalized spacial score (nSPS) is 16.1. The summed E-state index contributed by atoms with van der Waals surface area (Å²) in [6.45, 7) is 5.51. The molecule has 9 heteroatoms. The molecule has 1 N–H and O–H groups in total. The minimum absolute atomic E-state index is 0.213. The molecule has 1 saturated heterocycles. The van der Waals surface area contributed by atoms with Crippen molar-refractivity contribution in [3.05, 3.63) is 48.3 Å². The Hall–Kier alpha value is -3.43. The number of carbonyl (C=O) groups is 1. The number of hydrogen-bond acceptors (Lipinski definition) is 8. The van der Waals surface area contributed by atoms with Crippen LogP contribution in [-0.4, -0.2) is 80.9 Å². The third kappa shape index (κ3) is 5.85. The second kappa shape index (κ2) is 11.1. The van der Waals surface area contributed by atoms with Crippen molar-refractivity contribution in [1.82, 2.24) is 20.2 Å². The highest BCUT2D eigenvalue weighted by molar-refractivity contribution is 5.94. The molecule has 0 bridgehead atoms. The molecule has 1 aliphatic heterocycles. The zero-order valence-corrected chi connectivity index (χ0v) is 20.9. The molecule has 190 valence electrons. The first-order chi connectivity index (χ1) is 17.6. The number of aromatic nitrogens is 2. The van der Waals surface area contributed by atoms with Crippen molar-refractivity contribution in [1.29, 1.82) is 0 Å². The Morgan fingerprint density at radius 2 is 1.81 bits per heavy atom. The number of anilines is 2. The van der Waals surface area contributed by atoms with Gasteiger partial charge in [-0.05, 0) is 37.0 Å². The molecule has 5 rings (SSSR count). The smallest absolute Gasteiger partial charge is 0.271 e. The molecule has 9 nitrogen and oxygen atoms in total. The van der Waals surface area contributed by atoms with E-state index in [2.05, 4.69) is 25.1 Å². The van der Waals surface area contributed by atoms with Crippen molar-refractivity contribution in [2.45, 2.75) is 12.8 Å². The summed E-state index contributed by atoms with van der Waals surface area (Å²) in [7, 11) is 3.31. The fraction of sp³-hybridized carbons (Fsp3) is 0.444. The molecule has 1 aliphatic carbocycles. The summed E-state index contributed by atoms with van der Waals surface area (Å²) in [5, 5.41) is 2.97. The van der Waals surface area contributed by atoms with Gasteiger partial charge in [-0.15, -0.1) is 0 Å². The van der Waals surface area contributed by atoms with E-state index in [0.29, 0.717) is 23.7 Å². The van der Waals surface area contributed by atoms with Crippen LogP contribution in [0.2, 0.25) is 0 Å². The predicted molar refractivity (Wildman–Crippen MR) is 138 cm³/mol. The van der Waals surface area contributed by atoms with E-state index < -0.39 is 0 Å². The summed E-state index contributed by atoms with van der Waals surface area (Å²) < 4.78 is 16.4. The highest BCUT2D eigenvalue weighted by Crippen LogP contribution is 2.38. The van der Waals surface area contributed by atoms with Gasteiger partial charge in [-0.1, -0.05) is 0 Å². The average molecular weight is 492 g/mol. The van der Waals surface area contributed by atoms with E-state index >= 15 is 0 Å². The summed E-state index contributed by atoms with van der Waals surface area (Å²) in [5.74, 6) is 1.91. The van der Waals surface area contributed by atoms with Gasteiger partial charge in [0.05, 0.1) is 44.7 Å². The Labute approximate surface area is 211 Å². The second-order valence-corrected chi connectivity index (χ2v) is 9.26. The van der Waals surface area contributed by atoms with Gasteiger partial charge in [-0.2, -0.15) is 0 Å². The molecule has 3 aromatic rings. The summed E-state index contributed by atoms with van der Waals surface area (Å²) in [6.07, 6.45) is 3.99. The molecule has 2 heterocycles. The molecular weight excluding hydrogens is 458 g/mol. The van der Waals surface area contributed by atoms with E-state index in [1.165, 1.54) is 12.8 Å². The van der Waals surface area contributed by atoms with E-state index in [1.54, 1.807) is 20.4 Å². The van der Waals surface area contributed by atoms with Gasteiger partial charge in [-0.25, -0.2) is 4.98 Å². The van der Waals surface area contributed by atoms with Crippen LogP contribution in [0.3, 0.4) is 0 Å². The minimum atomic E-state index is -0.213.